The molecule has 1 heterocycles. The van der Waals surface area contributed by atoms with Gasteiger partial charge in [0.05, 0.1) is 5.56 Å². The van der Waals surface area contributed by atoms with Gasteiger partial charge in [-0.05, 0) is 43.4 Å². The van der Waals surface area contributed by atoms with Gasteiger partial charge in [-0.15, -0.1) is 0 Å². The van der Waals surface area contributed by atoms with Gasteiger partial charge < -0.3 is 14.9 Å². The van der Waals surface area contributed by atoms with E-state index in [0.29, 0.717) is 11.6 Å². The average Bonchev–Trinajstić information content (AvgIpc) is 2.96. The number of nitrogens with zero attached hydrogens (tertiary/aromatic N) is 2. The highest BCUT2D eigenvalue weighted by molar-refractivity contribution is 6.01. The molecule has 1 unspecified atom stereocenters. The number of carbonyl (C=O) groups is 1. The summed E-state index contributed by atoms with van der Waals surface area (Å²) >= 11 is 0. The Labute approximate surface area is 124 Å². The lowest BCUT2D eigenvalue weighted by molar-refractivity contribution is 0.0780. The van der Waals surface area contributed by atoms with Crippen molar-refractivity contribution in [3.8, 4) is 5.75 Å². The molecule has 1 aliphatic heterocycles. The summed E-state index contributed by atoms with van der Waals surface area (Å²) < 4.78 is 0. The molecule has 110 valence electrons. The quantitative estimate of drug-likeness (QED) is 0.920. The number of likely N-dealkylation sites (tertiary alicyclic amines) is 1. The van der Waals surface area contributed by atoms with Gasteiger partial charge in [-0.1, -0.05) is 24.3 Å². The zero-order valence-corrected chi connectivity index (χ0v) is 12.4. The Morgan fingerprint density at radius 3 is 2.52 bits per heavy atom. The number of phenolic OH excluding ortho intramolecular Hbond substituents is 1. The van der Waals surface area contributed by atoms with Crippen molar-refractivity contribution in [3.05, 3.63) is 42.0 Å². The van der Waals surface area contributed by atoms with Gasteiger partial charge in [0.25, 0.3) is 5.91 Å². The maximum atomic E-state index is 12.6. The van der Waals surface area contributed by atoms with E-state index < -0.39 is 0 Å². The third-order valence-electron chi connectivity index (χ3n) is 4.28. The normalized spacial score (nSPS) is 18.6. The zero-order chi connectivity index (χ0) is 15.0. The molecule has 2 aromatic rings. The summed E-state index contributed by atoms with van der Waals surface area (Å²) in [7, 11) is 4.07. The topological polar surface area (TPSA) is 43.8 Å². The fourth-order valence-corrected chi connectivity index (χ4v) is 2.92. The first-order valence-electron chi connectivity index (χ1n) is 7.23. The second kappa shape index (κ2) is 5.37. The highest BCUT2D eigenvalue weighted by Crippen LogP contribution is 2.27. The third-order valence-corrected chi connectivity index (χ3v) is 4.28. The van der Waals surface area contributed by atoms with Crippen LogP contribution < -0.4 is 0 Å². The van der Waals surface area contributed by atoms with Crippen molar-refractivity contribution in [3.63, 3.8) is 0 Å². The SMILES string of the molecule is CN(C)C1CCN(C(=O)c2cc3ccccc3cc2O)C1. The second-order valence-electron chi connectivity index (χ2n) is 5.87. The van der Waals surface area contributed by atoms with Crippen molar-refractivity contribution in [2.45, 2.75) is 12.5 Å². The maximum absolute atomic E-state index is 12.6. The van der Waals surface area contributed by atoms with E-state index in [1.165, 1.54) is 0 Å². The minimum absolute atomic E-state index is 0.0620. The molecule has 1 aliphatic rings. The van der Waals surface area contributed by atoms with Crippen LogP contribution in [-0.2, 0) is 0 Å². The van der Waals surface area contributed by atoms with Gasteiger partial charge in [0.15, 0.2) is 0 Å². The molecule has 2 aromatic carbocycles. The van der Waals surface area contributed by atoms with Crippen molar-refractivity contribution >= 4 is 16.7 Å². The molecular weight excluding hydrogens is 264 g/mol. The van der Waals surface area contributed by atoms with Crippen molar-refractivity contribution < 1.29 is 9.90 Å². The standard InChI is InChI=1S/C17H20N2O2/c1-18(2)14-7-8-19(11-14)17(21)15-9-12-5-3-4-6-13(12)10-16(15)20/h3-6,9-10,14,20H,7-8,11H2,1-2H3. The lowest BCUT2D eigenvalue weighted by atomic mass is 10.1. The summed E-state index contributed by atoms with van der Waals surface area (Å²) in [5.41, 5.74) is 0.396. The third kappa shape index (κ3) is 2.59. The van der Waals surface area contributed by atoms with Gasteiger partial charge in [0, 0.05) is 19.1 Å². The number of hydrogen-bond acceptors (Lipinski definition) is 3. The molecule has 21 heavy (non-hydrogen) atoms. The van der Waals surface area contributed by atoms with Crippen LogP contribution in [0, 0.1) is 0 Å². The lowest BCUT2D eigenvalue weighted by Crippen LogP contribution is -2.34. The molecule has 0 bridgehead atoms. The number of benzene rings is 2. The Kier molecular flexibility index (Phi) is 3.55. The Morgan fingerprint density at radius 2 is 1.90 bits per heavy atom. The smallest absolute Gasteiger partial charge is 0.257 e. The van der Waals surface area contributed by atoms with E-state index in [1.807, 2.05) is 43.3 Å². The first kappa shape index (κ1) is 13.9. The molecule has 0 aliphatic carbocycles. The molecular formula is C17H20N2O2. The van der Waals surface area contributed by atoms with Crippen LogP contribution in [0.25, 0.3) is 10.8 Å². The lowest BCUT2D eigenvalue weighted by Gasteiger charge is -2.21. The second-order valence-corrected chi connectivity index (χ2v) is 5.87. The van der Waals surface area contributed by atoms with E-state index in [4.69, 9.17) is 0 Å². The van der Waals surface area contributed by atoms with Crippen LogP contribution in [0.5, 0.6) is 5.75 Å². The van der Waals surface area contributed by atoms with Gasteiger partial charge in [-0.25, -0.2) is 0 Å². The number of rotatable bonds is 2. The van der Waals surface area contributed by atoms with Gasteiger partial charge in [0.2, 0.25) is 0 Å². The van der Waals surface area contributed by atoms with Gasteiger partial charge in [0.1, 0.15) is 5.75 Å². The van der Waals surface area contributed by atoms with Crippen LogP contribution in [0.2, 0.25) is 0 Å². The van der Waals surface area contributed by atoms with Crippen LogP contribution in [0.3, 0.4) is 0 Å². The van der Waals surface area contributed by atoms with Gasteiger partial charge >= 0.3 is 0 Å². The monoisotopic (exact) mass is 284 g/mol. The summed E-state index contributed by atoms with van der Waals surface area (Å²) in [6.45, 7) is 1.46. The number of aromatic hydroxyl groups is 1. The Bertz CT molecular complexity index is 682. The van der Waals surface area contributed by atoms with Crippen LogP contribution in [0.15, 0.2) is 36.4 Å². The minimum atomic E-state index is -0.0809. The van der Waals surface area contributed by atoms with E-state index in [0.717, 1.165) is 30.3 Å². The highest BCUT2D eigenvalue weighted by atomic mass is 16.3. The largest absolute Gasteiger partial charge is 0.507 e. The van der Waals surface area contributed by atoms with Crippen molar-refractivity contribution in [2.75, 3.05) is 27.2 Å². The molecule has 0 saturated carbocycles. The Morgan fingerprint density at radius 1 is 1.24 bits per heavy atom. The molecule has 1 fully saturated rings. The van der Waals surface area contributed by atoms with Crippen LogP contribution in [0.1, 0.15) is 16.8 Å². The fraction of sp³-hybridized carbons (Fsp3) is 0.353. The minimum Gasteiger partial charge on any atom is -0.507 e. The number of hydrogen-bond donors (Lipinski definition) is 1. The van der Waals surface area contributed by atoms with E-state index in [1.54, 1.807) is 12.1 Å². The average molecular weight is 284 g/mol. The molecule has 0 radical (unpaired) electrons. The predicted molar refractivity (Wildman–Crippen MR) is 83.6 cm³/mol. The van der Waals surface area contributed by atoms with Crippen LogP contribution in [-0.4, -0.2) is 54.0 Å². The van der Waals surface area contributed by atoms with E-state index in [-0.39, 0.29) is 11.7 Å². The summed E-state index contributed by atoms with van der Waals surface area (Å²) in [5.74, 6) is -0.0189. The summed E-state index contributed by atoms with van der Waals surface area (Å²) in [6.07, 6.45) is 0.979. The van der Waals surface area contributed by atoms with E-state index in [2.05, 4.69) is 4.90 Å². The molecule has 4 nitrogen and oxygen atoms in total. The number of likely N-dealkylation sites (N-methyl/N-ethyl adjacent to an activating group) is 1. The summed E-state index contributed by atoms with van der Waals surface area (Å²) in [6, 6.07) is 11.6. The number of amides is 1. The molecule has 4 heteroatoms. The maximum Gasteiger partial charge on any atom is 0.257 e. The van der Waals surface area contributed by atoms with Crippen molar-refractivity contribution in [1.82, 2.24) is 9.80 Å². The summed E-state index contributed by atoms with van der Waals surface area (Å²) in [5, 5.41) is 12.1. The molecule has 3 rings (SSSR count). The van der Waals surface area contributed by atoms with E-state index in [9.17, 15) is 9.90 Å². The van der Waals surface area contributed by atoms with Crippen molar-refractivity contribution in [1.29, 1.82) is 0 Å². The first-order valence-corrected chi connectivity index (χ1v) is 7.23. The molecule has 1 saturated heterocycles. The Hall–Kier alpha value is -2.07. The fourth-order valence-electron chi connectivity index (χ4n) is 2.92. The van der Waals surface area contributed by atoms with Crippen LogP contribution in [0.4, 0.5) is 0 Å². The number of fused-ring (bicyclic) bond motifs is 1. The highest BCUT2D eigenvalue weighted by Gasteiger charge is 2.29. The van der Waals surface area contributed by atoms with Gasteiger partial charge in [-0.2, -0.15) is 0 Å². The van der Waals surface area contributed by atoms with Crippen molar-refractivity contribution in [2.24, 2.45) is 0 Å². The summed E-state index contributed by atoms with van der Waals surface area (Å²) in [4.78, 5) is 16.6. The number of carbonyl (C=O) groups excluding carboxylic acids is 1. The molecule has 1 N–H and O–H groups in total. The number of phenols is 1. The van der Waals surface area contributed by atoms with E-state index >= 15 is 0 Å². The van der Waals surface area contributed by atoms with Gasteiger partial charge in [-0.3, -0.25) is 4.79 Å². The van der Waals surface area contributed by atoms with Crippen LogP contribution >= 0.6 is 0 Å². The molecule has 0 aromatic heterocycles. The zero-order valence-electron chi connectivity index (χ0n) is 12.4. The Balaban J connectivity index is 1.90. The first-order chi connectivity index (χ1) is 10.1. The molecule has 1 atom stereocenters. The molecule has 0 spiro atoms. The predicted octanol–water partition coefficient (Wildman–Crippen LogP) is 2.32. The molecule has 1 amide bonds.